The molecule has 1 aliphatic heterocycles. The van der Waals surface area contributed by atoms with Gasteiger partial charge in [-0.15, -0.1) is 0 Å². The van der Waals surface area contributed by atoms with Crippen molar-refractivity contribution in [1.82, 2.24) is 0 Å². The lowest BCUT2D eigenvalue weighted by Gasteiger charge is -2.39. The number of rotatable bonds is 4. The average Bonchev–Trinajstić information content (AvgIpc) is 2.99. The number of fused-ring (bicyclic) bond motifs is 3. The van der Waals surface area contributed by atoms with Gasteiger partial charge < -0.3 is 4.74 Å². The Bertz CT molecular complexity index is 1060. The number of sulfonamides is 1. The van der Waals surface area contributed by atoms with Crippen molar-refractivity contribution in [2.45, 2.75) is 35.4 Å². The predicted octanol–water partition coefficient (Wildman–Crippen LogP) is 2.11. The van der Waals surface area contributed by atoms with Crippen LogP contribution in [0.25, 0.3) is 0 Å². The highest BCUT2D eigenvalue weighted by atomic mass is 32.2. The first-order valence-electron chi connectivity index (χ1n) is 8.73. The van der Waals surface area contributed by atoms with Crippen LogP contribution < -0.4 is 4.31 Å². The lowest BCUT2D eigenvalue weighted by atomic mass is 9.73. The molecule has 0 spiro atoms. The van der Waals surface area contributed by atoms with E-state index in [2.05, 4.69) is 0 Å². The van der Waals surface area contributed by atoms with Gasteiger partial charge in [0.25, 0.3) is 15.6 Å². The maximum absolute atomic E-state index is 13.5. The van der Waals surface area contributed by atoms with E-state index in [1.165, 1.54) is 25.3 Å². The number of ether oxygens (including phenoxy) is 1. The second-order valence-corrected chi connectivity index (χ2v) is 8.72. The Morgan fingerprint density at radius 1 is 1.11 bits per heavy atom. The molecule has 28 heavy (non-hydrogen) atoms. The van der Waals surface area contributed by atoms with Crippen LogP contribution in [0.1, 0.15) is 18.4 Å². The number of ketones is 1. The second-order valence-electron chi connectivity index (χ2n) is 6.90. The number of nitro groups is 1. The van der Waals surface area contributed by atoms with Crippen LogP contribution in [0.5, 0.6) is 0 Å². The monoisotopic (exact) mass is 402 g/mol. The molecule has 0 N–H and O–H groups in total. The third-order valence-electron chi connectivity index (χ3n) is 5.58. The molecule has 8 nitrogen and oxygen atoms in total. The molecule has 0 bridgehead atoms. The van der Waals surface area contributed by atoms with Crippen molar-refractivity contribution < 1.29 is 22.9 Å². The van der Waals surface area contributed by atoms with Crippen LogP contribution >= 0.6 is 0 Å². The quantitative estimate of drug-likeness (QED) is 0.573. The summed E-state index contributed by atoms with van der Waals surface area (Å²) in [5.41, 5.74) is -1.38. The summed E-state index contributed by atoms with van der Waals surface area (Å²) in [5, 5.41) is 12.4. The maximum Gasteiger partial charge on any atom is 0.296 e. The molecule has 2 aromatic rings. The van der Waals surface area contributed by atoms with Gasteiger partial charge in [-0.2, -0.15) is 0 Å². The highest BCUT2D eigenvalue weighted by Gasteiger charge is 2.70. The SMILES string of the molecule is CO[C@@H]1CC(=O)C[C@@H]2N(S(=O)(=O)c3ccccc3)c3ccccc3[C@@]21[N+](=O)[O-]. The van der Waals surface area contributed by atoms with E-state index in [0.29, 0.717) is 0 Å². The third kappa shape index (κ3) is 2.33. The number of hydrogen-bond donors (Lipinski definition) is 0. The molecule has 2 aliphatic rings. The number of hydrogen-bond acceptors (Lipinski definition) is 6. The Kier molecular flexibility index (Phi) is 4.24. The molecule has 1 heterocycles. The first-order valence-corrected chi connectivity index (χ1v) is 10.2. The zero-order valence-electron chi connectivity index (χ0n) is 15.0. The van der Waals surface area contributed by atoms with Crippen molar-refractivity contribution in [3.63, 3.8) is 0 Å². The highest BCUT2D eigenvalue weighted by molar-refractivity contribution is 7.92. The molecule has 3 atom stereocenters. The summed E-state index contributed by atoms with van der Waals surface area (Å²) in [7, 11) is -2.82. The smallest absolute Gasteiger partial charge is 0.296 e. The molecule has 0 saturated heterocycles. The van der Waals surface area contributed by atoms with Crippen molar-refractivity contribution >= 4 is 21.5 Å². The molecular weight excluding hydrogens is 384 g/mol. The van der Waals surface area contributed by atoms with E-state index in [4.69, 9.17) is 4.74 Å². The number of para-hydroxylation sites is 1. The number of Topliss-reactive ketones (excluding diaryl/α,β-unsaturated/α-hetero) is 1. The predicted molar refractivity (Wildman–Crippen MR) is 100 cm³/mol. The molecule has 9 heteroatoms. The topological polar surface area (TPSA) is 107 Å². The molecule has 0 radical (unpaired) electrons. The van der Waals surface area contributed by atoms with Crippen LogP contribution in [-0.2, 0) is 25.1 Å². The van der Waals surface area contributed by atoms with E-state index < -0.39 is 32.6 Å². The molecular formula is C19H18N2O6S. The number of nitrogens with zero attached hydrogens (tertiary/aromatic N) is 2. The van der Waals surface area contributed by atoms with Crippen LogP contribution in [0, 0.1) is 10.1 Å². The molecule has 1 fully saturated rings. The number of methoxy groups -OCH3 is 1. The molecule has 0 amide bonds. The highest BCUT2D eigenvalue weighted by Crippen LogP contribution is 2.54. The zero-order chi connectivity index (χ0) is 20.1. The van der Waals surface area contributed by atoms with E-state index in [0.717, 1.165) is 4.31 Å². The van der Waals surface area contributed by atoms with Gasteiger partial charge in [0.2, 0.25) is 0 Å². The van der Waals surface area contributed by atoms with Crippen LogP contribution in [-0.4, -0.2) is 38.4 Å². The summed E-state index contributed by atoms with van der Waals surface area (Å²) in [6.07, 6.45) is -1.45. The van der Waals surface area contributed by atoms with Gasteiger partial charge in [0, 0.05) is 24.9 Å². The Hall–Kier alpha value is -2.78. The van der Waals surface area contributed by atoms with Gasteiger partial charge in [-0.3, -0.25) is 19.2 Å². The lowest BCUT2D eigenvalue weighted by molar-refractivity contribution is -0.596. The second kappa shape index (κ2) is 6.39. The maximum atomic E-state index is 13.5. The number of carbonyl (C=O) groups is 1. The van der Waals surface area contributed by atoms with Crippen molar-refractivity contribution in [1.29, 1.82) is 0 Å². The van der Waals surface area contributed by atoms with E-state index >= 15 is 0 Å². The van der Waals surface area contributed by atoms with E-state index in [1.54, 1.807) is 36.4 Å². The fraction of sp³-hybridized carbons (Fsp3) is 0.316. The van der Waals surface area contributed by atoms with Crippen LogP contribution in [0.2, 0.25) is 0 Å². The molecule has 0 aromatic heterocycles. The third-order valence-corrected chi connectivity index (χ3v) is 7.41. The summed E-state index contributed by atoms with van der Waals surface area (Å²) in [6.45, 7) is 0. The molecule has 0 unspecified atom stereocenters. The largest absolute Gasteiger partial charge is 0.373 e. The summed E-state index contributed by atoms with van der Waals surface area (Å²) in [6, 6.07) is 12.9. The average molecular weight is 402 g/mol. The van der Waals surface area contributed by atoms with Gasteiger partial charge >= 0.3 is 0 Å². The van der Waals surface area contributed by atoms with Crippen molar-refractivity contribution in [3.8, 4) is 0 Å². The molecule has 2 aromatic carbocycles. The first kappa shape index (κ1) is 18.6. The Morgan fingerprint density at radius 2 is 1.75 bits per heavy atom. The minimum Gasteiger partial charge on any atom is -0.373 e. The van der Waals surface area contributed by atoms with Gasteiger partial charge in [-0.1, -0.05) is 30.3 Å². The molecule has 4 rings (SSSR count). The van der Waals surface area contributed by atoms with Crippen molar-refractivity contribution in [2.75, 3.05) is 11.4 Å². The fourth-order valence-corrected chi connectivity index (χ4v) is 6.14. The normalized spacial score (nSPS) is 26.6. The minimum absolute atomic E-state index is 0.0101. The van der Waals surface area contributed by atoms with Crippen LogP contribution in [0.4, 0.5) is 5.69 Å². The lowest BCUT2D eigenvalue weighted by Crippen LogP contribution is -2.62. The van der Waals surface area contributed by atoms with Gasteiger partial charge in [-0.25, -0.2) is 8.42 Å². The van der Waals surface area contributed by atoms with Gasteiger partial charge in [0.15, 0.2) is 0 Å². The van der Waals surface area contributed by atoms with E-state index in [9.17, 15) is 23.3 Å². The number of benzene rings is 2. The van der Waals surface area contributed by atoms with Crippen molar-refractivity contribution in [2.24, 2.45) is 0 Å². The van der Waals surface area contributed by atoms with E-state index in [-0.39, 0.29) is 34.8 Å². The zero-order valence-corrected chi connectivity index (χ0v) is 15.8. The van der Waals surface area contributed by atoms with Crippen molar-refractivity contribution in [3.05, 3.63) is 70.3 Å². The Morgan fingerprint density at radius 3 is 2.39 bits per heavy atom. The first-order chi connectivity index (χ1) is 13.3. The number of carbonyl (C=O) groups excluding carboxylic acids is 1. The van der Waals surface area contributed by atoms with Crippen LogP contribution in [0.15, 0.2) is 59.5 Å². The molecule has 146 valence electrons. The molecule has 1 aliphatic carbocycles. The van der Waals surface area contributed by atoms with E-state index in [1.807, 2.05) is 0 Å². The van der Waals surface area contributed by atoms with Gasteiger partial charge in [0.1, 0.15) is 17.9 Å². The van der Waals surface area contributed by atoms with Gasteiger partial charge in [0.05, 0.1) is 16.1 Å². The van der Waals surface area contributed by atoms with Crippen LogP contribution in [0.3, 0.4) is 0 Å². The summed E-state index contributed by atoms with van der Waals surface area (Å²) < 4.78 is 33.4. The summed E-state index contributed by atoms with van der Waals surface area (Å²) >= 11 is 0. The Balaban J connectivity index is 2.02. The standard InChI is InChI=1S/C19H18N2O6S/c1-27-18-12-13(22)11-17-19(18,21(23)24)15-9-5-6-10-16(15)20(17)28(25,26)14-7-3-2-4-8-14/h2-10,17-18H,11-12H2,1H3/t17-,18+,19+/m0/s1. The summed E-state index contributed by atoms with van der Waals surface area (Å²) in [5.74, 6) is -0.268. The fourth-order valence-electron chi connectivity index (χ4n) is 4.42. The summed E-state index contributed by atoms with van der Waals surface area (Å²) in [4.78, 5) is 24.3. The number of anilines is 1. The molecule has 1 saturated carbocycles. The van der Waals surface area contributed by atoms with Gasteiger partial charge in [-0.05, 0) is 24.3 Å². The minimum atomic E-state index is -4.13. The Labute approximate surface area is 161 Å².